The van der Waals surface area contributed by atoms with Gasteiger partial charge in [-0.3, -0.25) is 0 Å². The van der Waals surface area contributed by atoms with Gasteiger partial charge in [-0.25, -0.2) is 21.2 Å². The normalized spacial score (nSPS) is 22.5. The Kier molecular flexibility index (Phi) is 5.53. The largest absolute Gasteiger partial charge is 0.311 e. The smallest absolute Gasteiger partial charge is 0.183 e. The van der Waals surface area contributed by atoms with E-state index < -0.39 is 42.5 Å². The molecule has 9 heteroatoms. The highest BCUT2D eigenvalue weighted by Gasteiger charge is 2.45. The van der Waals surface area contributed by atoms with Crippen LogP contribution < -0.4 is 5.32 Å². The Morgan fingerprint density at radius 3 is 2.69 bits per heavy atom. The van der Waals surface area contributed by atoms with Crippen LogP contribution in [0.25, 0.3) is 0 Å². The first-order valence-electron chi connectivity index (χ1n) is 8.15. The third-order valence-corrected chi connectivity index (χ3v) is 9.60. The molecule has 1 aliphatic rings. The first-order chi connectivity index (χ1) is 12.2. The number of hydrogen-bond donors (Lipinski definition) is 1. The summed E-state index contributed by atoms with van der Waals surface area (Å²) in [6, 6.07) is 6.81. The minimum Gasteiger partial charge on any atom is -0.311 e. The molecule has 2 heterocycles. The zero-order valence-corrected chi connectivity index (χ0v) is 16.6. The summed E-state index contributed by atoms with van der Waals surface area (Å²) in [6.45, 7) is 1.98. The summed E-state index contributed by atoms with van der Waals surface area (Å²) in [5.74, 6) is -1.11. The van der Waals surface area contributed by atoms with Crippen molar-refractivity contribution in [1.29, 1.82) is 0 Å². The van der Waals surface area contributed by atoms with Crippen LogP contribution in [-0.4, -0.2) is 46.2 Å². The van der Waals surface area contributed by atoms with Crippen LogP contribution in [0.3, 0.4) is 0 Å². The number of aryl methyl sites for hydroxylation is 1. The number of halogens is 1. The highest BCUT2D eigenvalue weighted by Crippen LogP contribution is 2.27. The van der Waals surface area contributed by atoms with Crippen molar-refractivity contribution >= 4 is 31.0 Å². The van der Waals surface area contributed by atoms with Crippen LogP contribution >= 0.6 is 11.3 Å². The molecule has 2 atom stereocenters. The SMILES string of the molecule is Cc1cc(S(=O)(=O)C2CS(=O)(=O)CC2NCCc2cccs2)ccc1F. The molecule has 1 fully saturated rings. The van der Waals surface area contributed by atoms with Gasteiger partial charge in [0.2, 0.25) is 0 Å². The lowest BCUT2D eigenvalue weighted by Crippen LogP contribution is -2.44. The van der Waals surface area contributed by atoms with Crippen molar-refractivity contribution in [2.24, 2.45) is 0 Å². The lowest BCUT2D eigenvalue weighted by Gasteiger charge is -2.20. The average Bonchev–Trinajstić information content (AvgIpc) is 3.17. The summed E-state index contributed by atoms with van der Waals surface area (Å²) in [5, 5.41) is 3.99. The van der Waals surface area contributed by atoms with Crippen LogP contribution in [0.1, 0.15) is 10.4 Å². The first-order valence-corrected chi connectivity index (χ1v) is 12.4. The molecule has 0 aliphatic carbocycles. The average molecular weight is 418 g/mol. The monoisotopic (exact) mass is 417 g/mol. The van der Waals surface area contributed by atoms with E-state index in [9.17, 15) is 21.2 Å². The number of benzene rings is 1. The van der Waals surface area contributed by atoms with Crippen molar-refractivity contribution in [2.75, 3.05) is 18.1 Å². The predicted molar refractivity (Wildman–Crippen MR) is 101 cm³/mol. The van der Waals surface area contributed by atoms with Crippen molar-refractivity contribution in [2.45, 2.75) is 29.5 Å². The Bertz CT molecular complexity index is 985. The summed E-state index contributed by atoms with van der Waals surface area (Å²) >= 11 is 1.60. The van der Waals surface area contributed by atoms with E-state index in [1.807, 2.05) is 17.5 Å². The van der Waals surface area contributed by atoms with Gasteiger partial charge in [-0.05, 0) is 48.6 Å². The van der Waals surface area contributed by atoms with Gasteiger partial charge in [-0.2, -0.15) is 0 Å². The second-order valence-corrected chi connectivity index (χ2v) is 11.8. The van der Waals surface area contributed by atoms with Crippen LogP contribution in [0, 0.1) is 12.7 Å². The summed E-state index contributed by atoms with van der Waals surface area (Å²) < 4.78 is 63.5. The fourth-order valence-corrected chi connectivity index (χ4v) is 8.63. The van der Waals surface area contributed by atoms with E-state index in [1.165, 1.54) is 19.1 Å². The minimum absolute atomic E-state index is 0.0384. The van der Waals surface area contributed by atoms with Crippen molar-refractivity contribution in [3.63, 3.8) is 0 Å². The van der Waals surface area contributed by atoms with Crippen molar-refractivity contribution in [3.8, 4) is 0 Å². The predicted octanol–water partition coefficient (Wildman–Crippen LogP) is 1.97. The molecule has 2 unspecified atom stereocenters. The molecule has 5 nitrogen and oxygen atoms in total. The number of thiophene rings is 1. The maximum atomic E-state index is 13.5. The third kappa shape index (κ3) is 4.16. The Morgan fingerprint density at radius 2 is 2.04 bits per heavy atom. The lowest BCUT2D eigenvalue weighted by molar-refractivity contribution is 0.528. The van der Waals surface area contributed by atoms with Crippen molar-refractivity contribution in [3.05, 3.63) is 52.0 Å². The van der Waals surface area contributed by atoms with Gasteiger partial charge in [0.15, 0.2) is 19.7 Å². The molecule has 0 saturated carbocycles. The van der Waals surface area contributed by atoms with Crippen molar-refractivity contribution < 1.29 is 21.2 Å². The number of rotatable bonds is 6. The third-order valence-electron chi connectivity index (χ3n) is 4.52. The van der Waals surface area contributed by atoms with Gasteiger partial charge in [-0.1, -0.05) is 6.07 Å². The molecule has 1 aliphatic heterocycles. The van der Waals surface area contributed by atoms with E-state index in [0.29, 0.717) is 13.0 Å². The van der Waals surface area contributed by atoms with E-state index >= 15 is 0 Å². The van der Waals surface area contributed by atoms with Crippen LogP contribution in [0.2, 0.25) is 0 Å². The lowest BCUT2D eigenvalue weighted by atomic mass is 10.2. The highest BCUT2D eigenvalue weighted by molar-refractivity contribution is 7.96. The molecule has 1 saturated heterocycles. The second kappa shape index (κ2) is 7.38. The summed E-state index contributed by atoms with van der Waals surface area (Å²) in [7, 11) is -7.34. The molecule has 0 radical (unpaired) electrons. The van der Waals surface area contributed by atoms with E-state index in [0.717, 1.165) is 10.9 Å². The molecule has 0 amide bonds. The summed E-state index contributed by atoms with van der Waals surface area (Å²) in [6.07, 6.45) is 0.705. The number of sulfone groups is 2. The second-order valence-electron chi connectivity index (χ2n) is 6.46. The Morgan fingerprint density at radius 1 is 1.27 bits per heavy atom. The van der Waals surface area contributed by atoms with E-state index in [4.69, 9.17) is 0 Å². The molecule has 1 N–H and O–H groups in total. The summed E-state index contributed by atoms with van der Waals surface area (Å²) in [5.41, 5.74) is 0.217. The molecular weight excluding hydrogens is 397 g/mol. The number of hydrogen-bond acceptors (Lipinski definition) is 6. The zero-order valence-electron chi connectivity index (χ0n) is 14.2. The van der Waals surface area contributed by atoms with E-state index in [-0.39, 0.29) is 16.2 Å². The zero-order chi connectivity index (χ0) is 18.9. The van der Waals surface area contributed by atoms with Gasteiger partial charge in [0.05, 0.1) is 21.7 Å². The maximum Gasteiger partial charge on any atom is 0.183 e. The molecule has 3 rings (SSSR count). The first kappa shape index (κ1) is 19.5. The maximum absolute atomic E-state index is 13.5. The quantitative estimate of drug-likeness (QED) is 0.727. The molecule has 26 heavy (non-hydrogen) atoms. The van der Waals surface area contributed by atoms with Gasteiger partial charge < -0.3 is 5.32 Å². The molecule has 2 aromatic rings. The minimum atomic E-state index is -3.89. The fourth-order valence-electron chi connectivity index (χ4n) is 3.12. The summed E-state index contributed by atoms with van der Waals surface area (Å²) in [4.78, 5) is 1.11. The molecule has 0 bridgehead atoms. The standard InChI is InChI=1S/C17H20FNO4S3/c1-12-9-14(4-5-15(12)18)26(22,23)17-11-25(20,21)10-16(17)19-7-6-13-3-2-8-24-13/h2-5,8-9,16-17,19H,6-7,10-11H2,1H3. The van der Waals surface area contributed by atoms with Gasteiger partial charge in [0.25, 0.3) is 0 Å². The van der Waals surface area contributed by atoms with E-state index in [1.54, 1.807) is 11.3 Å². The van der Waals surface area contributed by atoms with E-state index in [2.05, 4.69) is 5.32 Å². The Balaban J connectivity index is 1.81. The van der Waals surface area contributed by atoms with Gasteiger partial charge in [0.1, 0.15) is 5.82 Å². The molecule has 1 aromatic carbocycles. The van der Waals surface area contributed by atoms with Crippen LogP contribution in [0.15, 0.2) is 40.6 Å². The highest BCUT2D eigenvalue weighted by atomic mass is 32.2. The molecular formula is C17H20FNO4S3. The van der Waals surface area contributed by atoms with Crippen LogP contribution in [-0.2, 0) is 26.1 Å². The molecule has 0 spiro atoms. The Hall–Kier alpha value is -1.29. The van der Waals surface area contributed by atoms with Gasteiger partial charge in [-0.15, -0.1) is 11.3 Å². The Labute approximate surface area is 157 Å². The van der Waals surface area contributed by atoms with Crippen LogP contribution in [0.4, 0.5) is 4.39 Å². The van der Waals surface area contributed by atoms with Gasteiger partial charge in [0, 0.05) is 17.5 Å². The molecule has 1 aromatic heterocycles. The fraction of sp³-hybridized carbons (Fsp3) is 0.412. The molecule has 142 valence electrons. The van der Waals surface area contributed by atoms with Crippen LogP contribution in [0.5, 0.6) is 0 Å². The van der Waals surface area contributed by atoms with Gasteiger partial charge >= 0.3 is 0 Å². The van der Waals surface area contributed by atoms with Crippen molar-refractivity contribution in [1.82, 2.24) is 5.32 Å². The topological polar surface area (TPSA) is 80.3 Å². The number of nitrogens with one attached hydrogen (secondary N) is 1.